The van der Waals surface area contributed by atoms with Gasteiger partial charge in [0.15, 0.2) is 5.82 Å². The van der Waals surface area contributed by atoms with Crippen LogP contribution in [-0.4, -0.2) is 60.8 Å². The molecule has 1 fully saturated rings. The SMILES string of the molecule is Cc1cc(C)nc(C(=O)CC2(C)CCN(c3ccc(-c4cc(OCC(C)(C)O)cn5ncc(C#N)c45)cn3)CC2)n1. The molecule has 1 aliphatic rings. The number of ketones is 1. The summed E-state index contributed by atoms with van der Waals surface area (Å²) in [5, 5.41) is 24.1. The molecule has 0 atom stereocenters. The lowest BCUT2D eigenvalue weighted by Crippen LogP contribution is -2.40. The molecule has 0 amide bonds. The standard InChI is InChI=1S/C31H35N7O3/c1-20-12-21(2)36-29(35-20)26(39)14-31(5)8-10-37(11-9-31)27-7-6-22(16-33-27)25-13-24(41-19-30(3,4)40)18-38-28(25)23(15-32)17-34-38/h6-7,12-13,16-18,40H,8-11,14,19H2,1-5H3. The number of nitriles is 1. The Morgan fingerprint density at radius 3 is 2.46 bits per heavy atom. The summed E-state index contributed by atoms with van der Waals surface area (Å²) in [6.07, 6.45) is 7.17. The largest absolute Gasteiger partial charge is 0.489 e. The van der Waals surface area contributed by atoms with Gasteiger partial charge in [-0.1, -0.05) is 6.92 Å². The summed E-state index contributed by atoms with van der Waals surface area (Å²) in [7, 11) is 0. The third kappa shape index (κ3) is 6.36. The Balaban J connectivity index is 1.31. The molecule has 0 spiro atoms. The molecule has 1 saturated heterocycles. The summed E-state index contributed by atoms with van der Waals surface area (Å²) in [5.74, 6) is 1.69. The number of rotatable bonds is 8. The number of carbonyl (C=O) groups excluding carboxylic acids is 1. The zero-order valence-corrected chi connectivity index (χ0v) is 24.2. The van der Waals surface area contributed by atoms with Crippen molar-refractivity contribution in [1.82, 2.24) is 24.6 Å². The Morgan fingerprint density at radius 1 is 1.15 bits per heavy atom. The molecule has 5 rings (SSSR count). The normalized spacial score (nSPS) is 15.1. The quantitative estimate of drug-likeness (QED) is 0.309. The van der Waals surface area contributed by atoms with E-state index >= 15 is 0 Å². The Bertz CT molecular complexity index is 1600. The van der Waals surface area contributed by atoms with Crippen LogP contribution < -0.4 is 9.64 Å². The van der Waals surface area contributed by atoms with Crippen LogP contribution >= 0.6 is 0 Å². The number of piperidine rings is 1. The first kappa shape index (κ1) is 28.2. The minimum atomic E-state index is -0.995. The maximum absolute atomic E-state index is 13.0. The number of aryl methyl sites for hydroxylation is 2. The van der Waals surface area contributed by atoms with Crippen molar-refractivity contribution >= 4 is 17.1 Å². The fourth-order valence-corrected chi connectivity index (χ4v) is 5.24. The first-order chi connectivity index (χ1) is 19.4. The maximum atomic E-state index is 13.0. The van der Waals surface area contributed by atoms with Gasteiger partial charge in [-0.3, -0.25) is 4.79 Å². The molecule has 10 heteroatoms. The number of ether oxygens (including phenoxy) is 1. The average Bonchev–Trinajstić information content (AvgIpc) is 3.34. The third-order valence-corrected chi connectivity index (χ3v) is 7.47. The van der Waals surface area contributed by atoms with E-state index in [1.165, 1.54) is 6.20 Å². The topological polar surface area (TPSA) is 130 Å². The highest BCUT2D eigenvalue weighted by Gasteiger charge is 2.33. The molecule has 4 aromatic rings. The van der Waals surface area contributed by atoms with E-state index in [1.54, 1.807) is 30.8 Å². The van der Waals surface area contributed by atoms with Crippen LogP contribution in [0.5, 0.6) is 5.75 Å². The van der Waals surface area contributed by atoms with Crippen molar-refractivity contribution in [3.05, 3.63) is 65.6 Å². The van der Waals surface area contributed by atoms with Gasteiger partial charge in [0.2, 0.25) is 5.78 Å². The van der Waals surface area contributed by atoms with Crippen LogP contribution in [0.25, 0.3) is 16.6 Å². The first-order valence-corrected chi connectivity index (χ1v) is 13.8. The molecule has 0 radical (unpaired) electrons. The number of pyridine rings is 2. The second kappa shape index (κ2) is 10.9. The van der Waals surface area contributed by atoms with Gasteiger partial charge < -0.3 is 14.7 Å². The number of aromatic nitrogens is 5. The zero-order chi connectivity index (χ0) is 29.4. The number of hydrogen-bond donors (Lipinski definition) is 1. The molecule has 4 aromatic heterocycles. The van der Waals surface area contributed by atoms with Gasteiger partial charge in [0.25, 0.3) is 0 Å². The van der Waals surface area contributed by atoms with Crippen LogP contribution in [0.1, 0.15) is 67.6 Å². The van der Waals surface area contributed by atoms with Crippen LogP contribution in [0.3, 0.4) is 0 Å². The van der Waals surface area contributed by atoms with Crippen molar-refractivity contribution in [1.29, 1.82) is 5.26 Å². The molecule has 212 valence electrons. The first-order valence-electron chi connectivity index (χ1n) is 13.8. The van der Waals surface area contributed by atoms with Crippen LogP contribution in [0.4, 0.5) is 5.82 Å². The summed E-state index contributed by atoms with van der Waals surface area (Å²) in [5.41, 5.74) is 3.21. The summed E-state index contributed by atoms with van der Waals surface area (Å²) in [4.78, 5) is 28.7. The van der Waals surface area contributed by atoms with Crippen molar-refractivity contribution in [2.24, 2.45) is 5.41 Å². The lowest BCUT2D eigenvalue weighted by Gasteiger charge is -2.39. The van der Waals surface area contributed by atoms with E-state index in [4.69, 9.17) is 9.72 Å². The molecule has 0 bridgehead atoms. The highest BCUT2D eigenvalue weighted by Crippen LogP contribution is 2.37. The van der Waals surface area contributed by atoms with Crippen molar-refractivity contribution in [2.75, 3.05) is 24.6 Å². The van der Waals surface area contributed by atoms with Gasteiger partial charge in [-0.2, -0.15) is 10.4 Å². The van der Waals surface area contributed by atoms with E-state index in [0.717, 1.165) is 54.3 Å². The molecule has 0 aromatic carbocycles. The predicted octanol–water partition coefficient (Wildman–Crippen LogP) is 4.70. The van der Waals surface area contributed by atoms with E-state index in [-0.39, 0.29) is 17.8 Å². The Morgan fingerprint density at radius 2 is 1.85 bits per heavy atom. The molecule has 1 aliphatic heterocycles. The molecule has 0 saturated carbocycles. The molecule has 0 aliphatic carbocycles. The highest BCUT2D eigenvalue weighted by molar-refractivity contribution is 5.93. The monoisotopic (exact) mass is 553 g/mol. The van der Waals surface area contributed by atoms with Crippen LogP contribution in [0, 0.1) is 30.6 Å². The minimum Gasteiger partial charge on any atom is -0.489 e. The van der Waals surface area contributed by atoms with E-state index in [9.17, 15) is 15.2 Å². The summed E-state index contributed by atoms with van der Waals surface area (Å²) >= 11 is 0. The predicted molar refractivity (Wildman–Crippen MR) is 155 cm³/mol. The summed E-state index contributed by atoms with van der Waals surface area (Å²) < 4.78 is 7.46. The van der Waals surface area contributed by atoms with Crippen LogP contribution in [0.2, 0.25) is 0 Å². The van der Waals surface area contributed by atoms with Gasteiger partial charge in [0, 0.05) is 48.2 Å². The van der Waals surface area contributed by atoms with Gasteiger partial charge >= 0.3 is 0 Å². The van der Waals surface area contributed by atoms with Gasteiger partial charge in [0.1, 0.15) is 24.2 Å². The number of Topliss-reactive ketones (excluding diaryl/α,β-unsaturated/α-hetero) is 1. The third-order valence-electron chi connectivity index (χ3n) is 7.47. The Labute approximate surface area is 239 Å². The Hall–Kier alpha value is -4.36. The smallest absolute Gasteiger partial charge is 0.200 e. The average molecular weight is 554 g/mol. The number of carbonyl (C=O) groups is 1. The zero-order valence-electron chi connectivity index (χ0n) is 24.2. The summed E-state index contributed by atoms with van der Waals surface area (Å²) in [6, 6.07) is 9.90. The van der Waals surface area contributed by atoms with Gasteiger partial charge in [0.05, 0.1) is 29.1 Å². The molecule has 41 heavy (non-hydrogen) atoms. The van der Waals surface area contributed by atoms with Gasteiger partial charge in [-0.05, 0) is 70.2 Å². The second-order valence-corrected chi connectivity index (χ2v) is 11.9. The number of aliphatic hydroxyl groups is 1. The van der Waals surface area contributed by atoms with Crippen LogP contribution in [-0.2, 0) is 0 Å². The fraction of sp³-hybridized carbons (Fsp3) is 0.419. The van der Waals surface area contributed by atoms with E-state index in [2.05, 4.69) is 33.0 Å². The fourth-order valence-electron chi connectivity index (χ4n) is 5.24. The number of anilines is 1. The van der Waals surface area contributed by atoms with E-state index < -0.39 is 5.60 Å². The van der Waals surface area contributed by atoms with Gasteiger partial charge in [-0.25, -0.2) is 19.5 Å². The molecular weight excluding hydrogens is 518 g/mol. The molecule has 5 heterocycles. The van der Waals surface area contributed by atoms with Crippen molar-refractivity contribution in [3.63, 3.8) is 0 Å². The van der Waals surface area contributed by atoms with Gasteiger partial charge in [-0.15, -0.1) is 0 Å². The highest BCUT2D eigenvalue weighted by atomic mass is 16.5. The number of fused-ring (bicyclic) bond motifs is 1. The number of nitrogens with zero attached hydrogens (tertiary/aromatic N) is 7. The van der Waals surface area contributed by atoms with Crippen molar-refractivity contribution < 1.29 is 14.6 Å². The van der Waals surface area contributed by atoms with E-state index in [0.29, 0.717) is 29.1 Å². The number of hydrogen-bond acceptors (Lipinski definition) is 9. The van der Waals surface area contributed by atoms with E-state index in [1.807, 2.05) is 38.1 Å². The molecule has 1 N–H and O–H groups in total. The molecular formula is C31H35N7O3. The second-order valence-electron chi connectivity index (χ2n) is 11.9. The summed E-state index contributed by atoms with van der Waals surface area (Å²) in [6.45, 7) is 11.0. The maximum Gasteiger partial charge on any atom is 0.200 e. The van der Waals surface area contributed by atoms with Crippen molar-refractivity contribution in [2.45, 2.75) is 59.5 Å². The lowest BCUT2D eigenvalue weighted by molar-refractivity contribution is 0.0283. The lowest BCUT2D eigenvalue weighted by atomic mass is 9.76. The molecule has 0 unspecified atom stereocenters. The van der Waals surface area contributed by atoms with Crippen molar-refractivity contribution in [3.8, 4) is 22.9 Å². The molecule has 10 nitrogen and oxygen atoms in total. The van der Waals surface area contributed by atoms with Crippen LogP contribution in [0.15, 0.2) is 42.9 Å². The minimum absolute atomic E-state index is 0.00749. The Kier molecular flexibility index (Phi) is 7.49.